The number of aromatic amines is 1. The molecular formula is C16H12ClN3O3S. The van der Waals surface area contributed by atoms with E-state index in [4.69, 9.17) is 11.6 Å². The third-order valence-electron chi connectivity index (χ3n) is 3.42. The number of benzene rings is 1. The molecule has 0 aliphatic carbocycles. The average molecular weight is 362 g/mol. The van der Waals surface area contributed by atoms with Crippen molar-refractivity contribution in [1.82, 2.24) is 9.97 Å². The molecule has 3 rings (SSSR count). The Balaban J connectivity index is 1.96. The van der Waals surface area contributed by atoms with Crippen LogP contribution in [0.4, 0.5) is 5.13 Å². The molecule has 0 bridgehead atoms. The summed E-state index contributed by atoms with van der Waals surface area (Å²) in [5.41, 5.74) is 0.651. The van der Waals surface area contributed by atoms with Crippen molar-refractivity contribution in [3.8, 4) is 0 Å². The number of amides is 1. The lowest BCUT2D eigenvalue weighted by molar-refractivity contribution is 0.101. The van der Waals surface area contributed by atoms with Crippen LogP contribution in [0.5, 0.6) is 0 Å². The largest absolute Gasteiger partial charge is 0.360 e. The van der Waals surface area contributed by atoms with Crippen LogP contribution in [0.2, 0.25) is 5.02 Å². The lowest BCUT2D eigenvalue weighted by Crippen LogP contribution is -2.21. The summed E-state index contributed by atoms with van der Waals surface area (Å²) in [6.07, 6.45) is 1.34. The predicted octanol–water partition coefficient (Wildman–Crippen LogP) is 3.40. The molecule has 3 aromatic rings. The molecule has 1 amide bonds. The number of nitrogens with one attached hydrogen (secondary N) is 2. The van der Waals surface area contributed by atoms with Gasteiger partial charge in [0.1, 0.15) is 5.56 Å². The van der Waals surface area contributed by atoms with Crippen molar-refractivity contribution in [2.24, 2.45) is 0 Å². The second-order valence-electron chi connectivity index (χ2n) is 5.17. The molecule has 0 unspecified atom stereocenters. The molecule has 2 N–H and O–H groups in total. The summed E-state index contributed by atoms with van der Waals surface area (Å²) in [4.78, 5) is 43.8. The highest BCUT2D eigenvalue weighted by Gasteiger charge is 2.17. The zero-order valence-corrected chi connectivity index (χ0v) is 14.3. The quantitative estimate of drug-likeness (QED) is 0.699. The van der Waals surface area contributed by atoms with E-state index in [9.17, 15) is 14.4 Å². The van der Waals surface area contributed by atoms with E-state index in [2.05, 4.69) is 15.3 Å². The Morgan fingerprint density at radius 2 is 2.08 bits per heavy atom. The summed E-state index contributed by atoms with van der Waals surface area (Å²) in [5, 5.41) is 3.70. The highest BCUT2D eigenvalue weighted by molar-refractivity contribution is 7.17. The maximum Gasteiger partial charge on any atom is 0.262 e. The van der Waals surface area contributed by atoms with Gasteiger partial charge in [0.15, 0.2) is 10.9 Å². The monoisotopic (exact) mass is 361 g/mol. The van der Waals surface area contributed by atoms with Crippen molar-refractivity contribution in [2.45, 2.75) is 13.8 Å². The molecule has 122 valence electrons. The Bertz CT molecular complexity index is 1040. The molecule has 8 heteroatoms. The van der Waals surface area contributed by atoms with Crippen LogP contribution in [-0.2, 0) is 0 Å². The lowest BCUT2D eigenvalue weighted by atomic mass is 10.1. The van der Waals surface area contributed by atoms with E-state index in [1.54, 1.807) is 25.1 Å². The van der Waals surface area contributed by atoms with Gasteiger partial charge < -0.3 is 4.98 Å². The zero-order chi connectivity index (χ0) is 17.4. The van der Waals surface area contributed by atoms with E-state index in [-0.39, 0.29) is 16.5 Å². The van der Waals surface area contributed by atoms with Crippen LogP contribution in [0.15, 0.2) is 29.2 Å². The van der Waals surface area contributed by atoms with Crippen molar-refractivity contribution in [2.75, 3.05) is 5.32 Å². The van der Waals surface area contributed by atoms with Gasteiger partial charge in [-0.15, -0.1) is 0 Å². The minimum Gasteiger partial charge on any atom is -0.360 e. The number of thiazole rings is 1. The molecule has 2 heterocycles. The number of hydrogen-bond donors (Lipinski definition) is 2. The molecule has 0 atom stereocenters. The highest BCUT2D eigenvalue weighted by Crippen LogP contribution is 2.23. The first-order chi connectivity index (χ1) is 11.4. The number of halogens is 1. The third kappa shape index (κ3) is 2.95. The molecule has 0 saturated heterocycles. The first-order valence-electron chi connectivity index (χ1n) is 6.97. The Morgan fingerprint density at radius 3 is 2.75 bits per heavy atom. The molecule has 0 aliphatic heterocycles. The van der Waals surface area contributed by atoms with Crippen molar-refractivity contribution < 1.29 is 9.59 Å². The van der Waals surface area contributed by atoms with Gasteiger partial charge in [0.05, 0.1) is 16.1 Å². The molecule has 0 fully saturated rings. The Morgan fingerprint density at radius 1 is 1.33 bits per heavy atom. The number of aromatic nitrogens is 2. The molecule has 0 aliphatic rings. The van der Waals surface area contributed by atoms with E-state index < -0.39 is 11.3 Å². The number of carbonyl (C=O) groups is 2. The molecule has 1 aromatic carbocycles. The molecular weight excluding hydrogens is 350 g/mol. The van der Waals surface area contributed by atoms with E-state index in [1.165, 1.54) is 13.1 Å². The predicted molar refractivity (Wildman–Crippen MR) is 94.4 cm³/mol. The molecule has 24 heavy (non-hydrogen) atoms. The number of fused-ring (bicyclic) bond motifs is 1. The number of H-pyrrole nitrogens is 1. The van der Waals surface area contributed by atoms with Gasteiger partial charge in [-0.05, 0) is 25.1 Å². The summed E-state index contributed by atoms with van der Waals surface area (Å²) in [6, 6.07) is 4.77. The van der Waals surface area contributed by atoms with E-state index >= 15 is 0 Å². The minimum atomic E-state index is -0.586. The summed E-state index contributed by atoms with van der Waals surface area (Å²) in [6.45, 7) is 3.13. The second-order valence-corrected chi connectivity index (χ2v) is 6.60. The van der Waals surface area contributed by atoms with E-state index in [1.807, 2.05) is 0 Å². The van der Waals surface area contributed by atoms with Gasteiger partial charge in [-0.3, -0.25) is 19.7 Å². The lowest BCUT2D eigenvalue weighted by Gasteiger charge is -2.03. The van der Waals surface area contributed by atoms with Gasteiger partial charge in [0, 0.05) is 23.5 Å². The standard InChI is InChI=1S/C16H12ClN3O3S/c1-7-14(8(2)21)24-16(19-7)20-15(23)11-6-18-12-5-9(17)3-4-10(12)13(11)22/h3-6H,1-2H3,(H,18,22)(H,19,20,23). The number of carbonyl (C=O) groups excluding carboxylic acids is 2. The third-order valence-corrected chi connectivity index (χ3v) is 4.83. The van der Waals surface area contributed by atoms with Gasteiger partial charge in [0.25, 0.3) is 5.91 Å². The fourth-order valence-corrected chi connectivity index (χ4v) is 3.33. The highest BCUT2D eigenvalue weighted by atomic mass is 35.5. The Hall–Kier alpha value is -2.51. The maximum atomic E-state index is 12.5. The summed E-state index contributed by atoms with van der Waals surface area (Å²) in [5.74, 6) is -0.706. The van der Waals surface area contributed by atoms with Gasteiger partial charge in [-0.1, -0.05) is 22.9 Å². The first kappa shape index (κ1) is 16.4. The van der Waals surface area contributed by atoms with Gasteiger partial charge in [-0.2, -0.15) is 0 Å². The van der Waals surface area contributed by atoms with Gasteiger partial charge in [-0.25, -0.2) is 4.98 Å². The Kier molecular flexibility index (Phi) is 4.21. The average Bonchev–Trinajstić information content (AvgIpc) is 2.88. The van der Waals surface area contributed by atoms with Crippen molar-refractivity contribution >= 4 is 50.7 Å². The number of aryl methyl sites for hydroxylation is 1. The molecule has 0 saturated carbocycles. The summed E-state index contributed by atoms with van der Waals surface area (Å²) in [7, 11) is 0. The topological polar surface area (TPSA) is 91.9 Å². The smallest absolute Gasteiger partial charge is 0.262 e. The SMILES string of the molecule is CC(=O)c1sc(NC(=O)c2c[nH]c3cc(Cl)ccc3c2=O)nc1C. The number of rotatable bonds is 3. The van der Waals surface area contributed by atoms with Crippen molar-refractivity contribution in [3.63, 3.8) is 0 Å². The van der Waals surface area contributed by atoms with Gasteiger partial charge >= 0.3 is 0 Å². The van der Waals surface area contributed by atoms with Crippen LogP contribution < -0.4 is 10.7 Å². The van der Waals surface area contributed by atoms with Crippen molar-refractivity contribution in [1.29, 1.82) is 0 Å². The van der Waals surface area contributed by atoms with Crippen LogP contribution in [0.1, 0.15) is 32.6 Å². The molecule has 6 nitrogen and oxygen atoms in total. The minimum absolute atomic E-state index is 0.0398. The van der Waals surface area contributed by atoms with Gasteiger partial charge in [0.2, 0.25) is 5.43 Å². The zero-order valence-electron chi connectivity index (χ0n) is 12.8. The normalized spacial score (nSPS) is 10.8. The second kappa shape index (κ2) is 6.18. The van der Waals surface area contributed by atoms with E-state index in [0.717, 1.165) is 11.3 Å². The van der Waals surface area contributed by atoms with Crippen molar-refractivity contribution in [3.05, 3.63) is 55.8 Å². The molecule has 0 spiro atoms. The van der Waals surface area contributed by atoms with Crippen LogP contribution in [0.25, 0.3) is 10.9 Å². The summed E-state index contributed by atoms with van der Waals surface area (Å²) < 4.78 is 0. The number of Topliss-reactive ketones (excluding diaryl/α,β-unsaturated/α-hetero) is 1. The molecule has 0 radical (unpaired) electrons. The maximum absolute atomic E-state index is 12.5. The van der Waals surface area contributed by atoms with Crippen LogP contribution in [-0.4, -0.2) is 21.7 Å². The Labute approximate surface area is 145 Å². The van der Waals surface area contributed by atoms with Crippen LogP contribution >= 0.6 is 22.9 Å². The van der Waals surface area contributed by atoms with E-state index in [0.29, 0.717) is 26.5 Å². The van der Waals surface area contributed by atoms with Crippen LogP contribution in [0.3, 0.4) is 0 Å². The van der Waals surface area contributed by atoms with Crippen LogP contribution in [0, 0.1) is 6.92 Å². The fourth-order valence-electron chi connectivity index (χ4n) is 2.30. The number of pyridine rings is 1. The molecule has 2 aromatic heterocycles. The first-order valence-corrected chi connectivity index (χ1v) is 8.17. The fraction of sp³-hybridized carbons (Fsp3) is 0.125. The summed E-state index contributed by atoms with van der Waals surface area (Å²) >= 11 is 6.97. The number of nitrogens with zero attached hydrogens (tertiary/aromatic N) is 1. The number of ketones is 1. The number of hydrogen-bond acceptors (Lipinski definition) is 5. The number of anilines is 1.